The van der Waals surface area contributed by atoms with Crippen LogP contribution in [0.3, 0.4) is 0 Å². The Kier molecular flexibility index (Phi) is 3.53. The van der Waals surface area contributed by atoms with Gasteiger partial charge in [0.25, 0.3) is 10.0 Å². The molecule has 0 unspecified atom stereocenters. The van der Waals surface area contributed by atoms with Crippen LogP contribution in [-0.2, 0) is 10.0 Å². The molecule has 96 valence electrons. The van der Waals surface area contributed by atoms with Crippen molar-refractivity contribution in [3.05, 3.63) is 12.5 Å². The highest BCUT2D eigenvalue weighted by Gasteiger charge is 2.22. The lowest BCUT2D eigenvalue weighted by Gasteiger charge is -2.28. The lowest BCUT2D eigenvalue weighted by molar-refractivity contribution is 0.269. The Hall–Kier alpha value is -0.880. The predicted octanol–water partition coefficient (Wildman–Crippen LogP) is 1.67. The maximum Gasteiger partial charge on any atom is 0.257 e. The van der Waals surface area contributed by atoms with Gasteiger partial charge < -0.3 is 4.57 Å². The number of aromatic nitrogens is 2. The number of primary sulfonamides is 1. The predicted molar refractivity (Wildman–Crippen MR) is 64.9 cm³/mol. The Morgan fingerprint density at radius 3 is 2.53 bits per heavy atom. The standard InChI is InChI=1S/C11H19N3O2S/c1-2-9-3-5-10(6-4-9)14-7-11(13-8-14)17(12,15)16/h7-10H,2-6H2,1H3,(H2,12,15,16). The third-order valence-electron chi connectivity index (χ3n) is 3.68. The number of nitrogens with zero attached hydrogens (tertiary/aromatic N) is 2. The fraction of sp³-hybridized carbons (Fsp3) is 0.727. The summed E-state index contributed by atoms with van der Waals surface area (Å²) in [5.41, 5.74) is 0. The summed E-state index contributed by atoms with van der Waals surface area (Å²) in [7, 11) is -3.67. The normalized spacial score (nSPS) is 26.0. The Bertz CT molecular complexity index is 473. The quantitative estimate of drug-likeness (QED) is 0.894. The molecule has 2 N–H and O–H groups in total. The summed E-state index contributed by atoms with van der Waals surface area (Å²) in [6.07, 6.45) is 8.98. The van der Waals surface area contributed by atoms with Gasteiger partial charge in [0.05, 0.1) is 6.33 Å². The SMILES string of the molecule is CCC1CCC(n2cnc(S(N)(=O)=O)c2)CC1. The molecule has 1 aliphatic carbocycles. The van der Waals surface area contributed by atoms with E-state index in [-0.39, 0.29) is 5.03 Å². The molecule has 1 aromatic rings. The van der Waals surface area contributed by atoms with Gasteiger partial charge >= 0.3 is 0 Å². The van der Waals surface area contributed by atoms with Crippen molar-refractivity contribution >= 4 is 10.0 Å². The molecule has 2 rings (SSSR count). The molecule has 0 bridgehead atoms. The number of hydrogen-bond donors (Lipinski definition) is 1. The van der Waals surface area contributed by atoms with Crippen molar-refractivity contribution < 1.29 is 8.42 Å². The molecule has 6 heteroatoms. The summed E-state index contributed by atoms with van der Waals surface area (Å²) in [4.78, 5) is 3.85. The van der Waals surface area contributed by atoms with Crippen LogP contribution < -0.4 is 5.14 Å². The van der Waals surface area contributed by atoms with Gasteiger partial charge in [-0.2, -0.15) is 0 Å². The van der Waals surface area contributed by atoms with E-state index in [0.29, 0.717) is 6.04 Å². The highest BCUT2D eigenvalue weighted by Crippen LogP contribution is 2.33. The first kappa shape index (κ1) is 12.6. The summed E-state index contributed by atoms with van der Waals surface area (Å²) in [6, 6.07) is 0.376. The van der Waals surface area contributed by atoms with E-state index in [0.717, 1.165) is 18.8 Å². The third kappa shape index (κ3) is 2.87. The molecule has 1 saturated carbocycles. The number of imidazole rings is 1. The van der Waals surface area contributed by atoms with Crippen molar-refractivity contribution in [1.29, 1.82) is 0 Å². The van der Waals surface area contributed by atoms with Crippen LogP contribution in [0.5, 0.6) is 0 Å². The zero-order valence-corrected chi connectivity index (χ0v) is 10.9. The molecule has 0 amide bonds. The van der Waals surface area contributed by atoms with Crippen LogP contribution in [0.15, 0.2) is 17.6 Å². The van der Waals surface area contributed by atoms with Gasteiger partial charge in [-0.1, -0.05) is 13.3 Å². The zero-order valence-electron chi connectivity index (χ0n) is 10.0. The number of nitrogens with two attached hydrogens (primary N) is 1. The third-order valence-corrected chi connectivity index (χ3v) is 4.48. The van der Waals surface area contributed by atoms with Gasteiger partial charge in [0, 0.05) is 12.2 Å². The molecule has 1 fully saturated rings. The molecule has 0 aliphatic heterocycles. The molecule has 0 radical (unpaired) electrons. The van der Waals surface area contributed by atoms with E-state index in [1.165, 1.54) is 19.3 Å². The highest BCUT2D eigenvalue weighted by molar-refractivity contribution is 7.89. The number of sulfonamides is 1. The van der Waals surface area contributed by atoms with Gasteiger partial charge in [0.2, 0.25) is 0 Å². The molecule has 5 nitrogen and oxygen atoms in total. The molecule has 1 aliphatic rings. The second-order valence-corrected chi connectivity index (χ2v) is 6.30. The summed E-state index contributed by atoms with van der Waals surface area (Å²) >= 11 is 0. The zero-order chi connectivity index (χ0) is 12.5. The first-order valence-electron chi connectivity index (χ1n) is 6.07. The van der Waals surface area contributed by atoms with Gasteiger partial charge in [-0.15, -0.1) is 0 Å². The van der Waals surface area contributed by atoms with Crippen molar-refractivity contribution in [3.8, 4) is 0 Å². The summed E-state index contributed by atoms with van der Waals surface area (Å²) in [5.74, 6) is 0.826. The molecular formula is C11H19N3O2S. The Labute approximate surface area is 102 Å². The highest BCUT2D eigenvalue weighted by atomic mass is 32.2. The first-order chi connectivity index (χ1) is 8.00. The Morgan fingerprint density at radius 2 is 2.06 bits per heavy atom. The topological polar surface area (TPSA) is 78.0 Å². The molecule has 1 heterocycles. The van der Waals surface area contributed by atoms with E-state index in [1.807, 2.05) is 4.57 Å². The molecule has 0 saturated heterocycles. The molecule has 17 heavy (non-hydrogen) atoms. The lowest BCUT2D eigenvalue weighted by atomic mass is 9.84. The van der Waals surface area contributed by atoms with E-state index in [1.54, 1.807) is 12.5 Å². The Balaban J connectivity index is 2.07. The number of rotatable bonds is 3. The van der Waals surface area contributed by atoms with E-state index in [4.69, 9.17) is 5.14 Å². The van der Waals surface area contributed by atoms with Gasteiger partial charge in [0.15, 0.2) is 5.03 Å². The molecular weight excluding hydrogens is 238 g/mol. The molecule has 0 spiro atoms. The van der Waals surface area contributed by atoms with E-state index >= 15 is 0 Å². The fourth-order valence-electron chi connectivity index (χ4n) is 2.52. The van der Waals surface area contributed by atoms with Crippen LogP contribution in [0.2, 0.25) is 0 Å². The van der Waals surface area contributed by atoms with Gasteiger partial charge in [-0.25, -0.2) is 18.5 Å². The smallest absolute Gasteiger partial charge is 0.257 e. The lowest BCUT2D eigenvalue weighted by Crippen LogP contribution is -2.17. The van der Waals surface area contributed by atoms with E-state index in [2.05, 4.69) is 11.9 Å². The van der Waals surface area contributed by atoms with Crippen molar-refractivity contribution in [2.75, 3.05) is 0 Å². The maximum atomic E-state index is 11.1. The summed E-state index contributed by atoms with van der Waals surface area (Å²) in [6.45, 7) is 2.22. The summed E-state index contributed by atoms with van der Waals surface area (Å²) < 4.78 is 24.2. The van der Waals surface area contributed by atoms with Crippen molar-refractivity contribution in [2.24, 2.45) is 11.1 Å². The van der Waals surface area contributed by atoms with Crippen LogP contribution in [0.1, 0.15) is 45.1 Å². The largest absolute Gasteiger partial charge is 0.333 e. The van der Waals surface area contributed by atoms with Crippen LogP contribution in [0.25, 0.3) is 0 Å². The minimum absolute atomic E-state index is 0.0323. The maximum absolute atomic E-state index is 11.1. The minimum atomic E-state index is -3.67. The van der Waals surface area contributed by atoms with Crippen molar-refractivity contribution in [2.45, 2.75) is 50.1 Å². The van der Waals surface area contributed by atoms with Crippen LogP contribution >= 0.6 is 0 Å². The molecule has 1 aromatic heterocycles. The summed E-state index contributed by atoms with van der Waals surface area (Å²) in [5, 5.41) is 5.01. The Morgan fingerprint density at radius 1 is 1.41 bits per heavy atom. The average molecular weight is 257 g/mol. The van der Waals surface area contributed by atoms with E-state index < -0.39 is 10.0 Å². The monoisotopic (exact) mass is 257 g/mol. The van der Waals surface area contributed by atoms with Gasteiger partial charge in [-0.05, 0) is 31.6 Å². The minimum Gasteiger partial charge on any atom is -0.333 e. The molecule has 0 aromatic carbocycles. The molecule has 0 atom stereocenters. The first-order valence-corrected chi connectivity index (χ1v) is 7.61. The second-order valence-electron chi connectivity index (χ2n) is 4.79. The average Bonchev–Trinajstić information content (AvgIpc) is 2.78. The number of hydrogen-bond acceptors (Lipinski definition) is 3. The second kappa shape index (κ2) is 4.78. The van der Waals surface area contributed by atoms with Gasteiger partial charge in [-0.3, -0.25) is 0 Å². The van der Waals surface area contributed by atoms with Crippen molar-refractivity contribution in [1.82, 2.24) is 9.55 Å². The van der Waals surface area contributed by atoms with Crippen LogP contribution in [0, 0.1) is 5.92 Å². The van der Waals surface area contributed by atoms with Crippen LogP contribution in [-0.4, -0.2) is 18.0 Å². The van der Waals surface area contributed by atoms with E-state index in [9.17, 15) is 8.42 Å². The van der Waals surface area contributed by atoms with Crippen molar-refractivity contribution in [3.63, 3.8) is 0 Å². The van der Waals surface area contributed by atoms with Gasteiger partial charge in [0.1, 0.15) is 0 Å². The fourth-order valence-corrected chi connectivity index (χ4v) is 2.98. The van der Waals surface area contributed by atoms with Crippen LogP contribution in [0.4, 0.5) is 0 Å².